The Morgan fingerprint density at radius 3 is 2.85 bits per heavy atom. The van der Waals surface area contributed by atoms with Gasteiger partial charge in [-0.25, -0.2) is 0 Å². The molecule has 0 aliphatic heterocycles. The number of hydrogen-bond acceptors (Lipinski definition) is 1. The highest BCUT2D eigenvalue weighted by molar-refractivity contribution is 5.58. The summed E-state index contributed by atoms with van der Waals surface area (Å²) in [5, 5.41) is 0. The molecule has 1 fully saturated rings. The number of hydrogen-bond donors (Lipinski definition) is 0. The molecule has 0 aromatic carbocycles. The summed E-state index contributed by atoms with van der Waals surface area (Å²) < 4.78 is 0. The molecule has 1 rings (SSSR count). The first-order valence-electron chi connectivity index (χ1n) is 5.29. The largest absolute Gasteiger partial charge is 0.303 e. The predicted molar refractivity (Wildman–Crippen MR) is 54.2 cm³/mol. The van der Waals surface area contributed by atoms with Crippen molar-refractivity contribution >= 4 is 6.29 Å². The topological polar surface area (TPSA) is 17.1 Å². The second-order valence-corrected chi connectivity index (χ2v) is 3.81. The second kappa shape index (κ2) is 5.80. The van der Waals surface area contributed by atoms with Crippen molar-refractivity contribution in [3.05, 3.63) is 0 Å². The molecule has 0 spiro atoms. The molecule has 0 aromatic rings. The third kappa shape index (κ3) is 4.12. The SMILES string of the molecule is CCCCCC#CC[C@H]1C[C@H]1C=O. The summed E-state index contributed by atoms with van der Waals surface area (Å²) in [5.41, 5.74) is 0. The van der Waals surface area contributed by atoms with Crippen LogP contribution in [0.2, 0.25) is 0 Å². The van der Waals surface area contributed by atoms with Crippen LogP contribution in [0.1, 0.15) is 45.4 Å². The molecule has 1 nitrogen and oxygen atoms in total. The van der Waals surface area contributed by atoms with Gasteiger partial charge in [0.1, 0.15) is 6.29 Å². The van der Waals surface area contributed by atoms with E-state index in [1.807, 2.05) is 0 Å². The minimum atomic E-state index is 0.338. The van der Waals surface area contributed by atoms with E-state index in [2.05, 4.69) is 18.8 Å². The maximum absolute atomic E-state index is 10.3. The maximum Gasteiger partial charge on any atom is 0.123 e. The molecule has 0 radical (unpaired) electrons. The van der Waals surface area contributed by atoms with Crippen molar-refractivity contribution in [2.75, 3.05) is 0 Å². The van der Waals surface area contributed by atoms with E-state index in [1.54, 1.807) is 0 Å². The molecule has 0 amide bonds. The van der Waals surface area contributed by atoms with E-state index in [1.165, 1.54) is 19.3 Å². The Bertz CT molecular complexity index is 209. The lowest BCUT2D eigenvalue weighted by Gasteiger charge is -1.88. The van der Waals surface area contributed by atoms with E-state index >= 15 is 0 Å². The molecule has 1 aliphatic carbocycles. The summed E-state index contributed by atoms with van der Waals surface area (Å²) in [6.07, 6.45) is 7.90. The highest BCUT2D eigenvalue weighted by Gasteiger charge is 2.35. The monoisotopic (exact) mass is 178 g/mol. The summed E-state index contributed by atoms with van der Waals surface area (Å²) in [7, 11) is 0. The highest BCUT2D eigenvalue weighted by Crippen LogP contribution is 2.38. The van der Waals surface area contributed by atoms with E-state index in [4.69, 9.17) is 0 Å². The van der Waals surface area contributed by atoms with Crippen LogP contribution in [0.3, 0.4) is 0 Å². The molecule has 0 saturated heterocycles. The first kappa shape index (κ1) is 10.3. The van der Waals surface area contributed by atoms with Crippen molar-refractivity contribution in [3.63, 3.8) is 0 Å². The summed E-state index contributed by atoms with van der Waals surface area (Å²) in [4.78, 5) is 10.3. The Labute approximate surface area is 80.9 Å². The maximum atomic E-state index is 10.3. The van der Waals surface area contributed by atoms with Gasteiger partial charge in [0.25, 0.3) is 0 Å². The molecule has 1 aliphatic rings. The van der Waals surface area contributed by atoms with Crippen LogP contribution in [0.5, 0.6) is 0 Å². The number of rotatable bonds is 5. The summed E-state index contributed by atoms with van der Waals surface area (Å²) >= 11 is 0. The fraction of sp³-hybridized carbons (Fsp3) is 0.750. The van der Waals surface area contributed by atoms with Gasteiger partial charge in [-0.15, -0.1) is 11.8 Å². The van der Waals surface area contributed by atoms with Gasteiger partial charge >= 0.3 is 0 Å². The zero-order valence-electron chi connectivity index (χ0n) is 8.38. The van der Waals surface area contributed by atoms with Gasteiger partial charge in [0.15, 0.2) is 0 Å². The van der Waals surface area contributed by atoms with Gasteiger partial charge in [-0.05, 0) is 18.8 Å². The van der Waals surface area contributed by atoms with Gasteiger partial charge in [0.05, 0.1) is 0 Å². The minimum absolute atomic E-state index is 0.338. The molecule has 0 N–H and O–H groups in total. The van der Waals surface area contributed by atoms with Crippen LogP contribution in [0.15, 0.2) is 0 Å². The fourth-order valence-corrected chi connectivity index (χ4v) is 1.43. The Hall–Kier alpha value is -0.770. The number of aldehydes is 1. The molecule has 1 heteroatoms. The number of carbonyl (C=O) groups excluding carboxylic acids is 1. The van der Waals surface area contributed by atoms with Gasteiger partial charge in [0.2, 0.25) is 0 Å². The summed E-state index contributed by atoms with van der Waals surface area (Å²) in [6.45, 7) is 2.20. The van der Waals surface area contributed by atoms with Crippen molar-refractivity contribution in [1.29, 1.82) is 0 Å². The van der Waals surface area contributed by atoms with E-state index < -0.39 is 0 Å². The predicted octanol–water partition coefficient (Wildman–Crippen LogP) is 2.80. The molecule has 13 heavy (non-hydrogen) atoms. The van der Waals surface area contributed by atoms with Crippen LogP contribution in [0.25, 0.3) is 0 Å². The fourth-order valence-electron chi connectivity index (χ4n) is 1.43. The average Bonchev–Trinajstić information content (AvgIpc) is 2.90. The highest BCUT2D eigenvalue weighted by atomic mass is 16.1. The van der Waals surface area contributed by atoms with Crippen molar-refractivity contribution in [3.8, 4) is 11.8 Å². The van der Waals surface area contributed by atoms with Gasteiger partial charge in [-0.1, -0.05) is 19.8 Å². The lowest BCUT2D eigenvalue weighted by Crippen LogP contribution is -1.81. The van der Waals surface area contributed by atoms with Crippen molar-refractivity contribution < 1.29 is 4.79 Å². The van der Waals surface area contributed by atoms with Gasteiger partial charge in [-0.3, -0.25) is 0 Å². The Kier molecular flexibility index (Phi) is 4.60. The molecule has 2 atom stereocenters. The van der Waals surface area contributed by atoms with Crippen LogP contribution in [0.4, 0.5) is 0 Å². The van der Waals surface area contributed by atoms with Crippen LogP contribution in [0, 0.1) is 23.7 Å². The van der Waals surface area contributed by atoms with Gasteiger partial charge in [-0.2, -0.15) is 0 Å². The van der Waals surface area contributed by atoms with E-state index in [9.17, 15) is 4.79 Å². The zero-order valence-corrected chi connectivity index (χ0v) is 8.38. The lowest BCUT2D eigenvalue weighted by molar-refractivity contribution is -0.109. The van der Waals surface area contributed by atoms with Crippen LogP contribution in [-0.2, 0) is 4.79 Å². The summed E-state index contributed by atoms with van der Waals surface area (Å²) in [5.74, 6) is 7.26. The quantitative estimate of drug-likeness (QED) is 0.359. The van der Waals surface area contributed by atoms with E-state index in [0.29, 0.717) is 11.8 Å². The van der Waals surface area contributed by atoms with Crippen LogP contribution in [-0.4, -0.2) is 6.29 Å². The molecule has 0 heterocycles. The van der Waals surface area contributed by atoms with Crippen molar-refractivity contribution in [1.82, 2.24) is 0 Å². The third-order valence-electron chi connectivity index (χ3n) is 2.55. The van der Waals surface area contributed by atoms with Crippen LogP contribution < -0.4 is 0 Å². The normalized spacial score (nSPS) is 24.7. The Balaban J connectivity index is 1.95. The summed E-state index contributed by atoms with van der Waals surface area (Å²) in [6, 6.07) is 0. The molecular formula is C12H18O. The Morgan fingerprint density at radius 2 is 2.23 bits per heavy atom. The third-order valence-corrected chi connectivity index (χ3v) is 2.55. The molecule has 72 valence electrons. The van der Waals surface area contributed by atoms with E-state index in [-0.39, 0.29) is 0 Å². The second-order valence-electron chi connectivity index (χ2n) is 3.81. The molecule has 0 unspecified atom stereocenters. The average molecular weight is 178 g/mol. The molecule has 1 saturated carbocycles. The van der Waals surface area contributed by atoms with E-state index in [0.717, 1.165) is 25.5 Å². The first-order chi connectivity index (χ1) is 6.38. The van der Waals surface area contributed by atoms with Crippen LogP contribution >= 0.6 is 0 Å². The van der Waals surface area contributed by atoms with Crippen molar-refractivity contribution in [2.24, 2.45) is 11.8 Å². The van der Waals surface area contributed by atoms with Crippen molar-refractivity contribution in [2.45, 2.75) is 45.4 Å². The smallest absolute Gasteiger partial charge is 0.123 e. The standard InChI is InChI=1S/C12H18O/c1-2-3-4-5-6-7-8-11-9-12(11)10-13/h10-12H,2-5,8-9H2,1H3/t11-,12-/m0/s1. The molecule has 0 aromatic heterocycles. The minimum Gasteiger partial charge on any atom is -0.303 e. The molecular weight excluding hydrogens is 160 g/mol. The first-order valence-corrected chi connectivity index (χ1v) is 5.29. The lowest BCUT2D eigenvalue weighted by atomic mass is 10.2. The van der Waals surface area contributed by atoms with Gasteiger partial charge < -0.3 is 4.79 Å². The van der Waals surface area contributed by atoms with Gasteiger partial charge in [0, 0.05) is 18.8 Å². The Morgan fingerprint density at radius 1 is 1.38 bits per heavy atom. The molecule has 0 bridgehead atoms. The zero-order chi connectivity index (χ0) is 9.52. The number of carbonyl (C=O) groups is 1. The number of unbranched alkanes of at least 4 members (excludes halogenated alkanes) is 3.